The predicted molar refractivity (Wildman–Crippen MR) is 230 cm³/mol. The van der Waals surface area contributed by atoms with Crippen molar-refractivity contribution in [3.63, 3.8) is 0 Å². The lowest BCUT2D eigenvalue weighted by Gasteiger charge is -2.39. The van der Waals surface area contributed by atoms with Crippen LogP contribution in [0.4, 0.5) is 0 Å². The molecule has 1 rings (SSSR count). The Balaban J connectivity index is 0. The van der Waals surface area contributed by atoms with Gasteiger partial charge in [0.25, 0.3) is 7.82 Å². The van der Waals surface area contributed by atoms with Crippen molar-refractivity contribution in [1.82, 2.24) is 0 Å². The zero-order valence-corrected chi connectivity index (χ0v) is 39.5. The Bertz CT molecular complexity index is 877. The number of phosphoric acid groups is 1. The van der Waals surface area contributed by atoms with Gasteiger partial charge in [-0.15, -0.1) is 0 Å². The van der Waals surface area contributed by atoms with Crippen LogP contribution >= 0.6 is 15.4 Å². The van der Waals surface area contributed by atoms with Gasteiger partial charge in [-0.3, -0.25) is 8.88 Å². The Hall–Kier alpha value is -0.120. The lowest BCUT2D eigenvalue weighted by Crippen LogP contribution is -2.50. The van der Waals surface area contributed by atoms with Crippen molar-refractivity contribution in [3.8, 4) is 0 Å². The van der Waals surface area contributed by atoms with Crippen LogP contribution in [0.1, 0.15) is 191 Å². The quantitative estimate of drug-likeness (QED) is 0.0403. The minimum Gasteiger partial charge on any atom is -0.778 e. The number of ether oxygens (including phenoxy) is 2. The van der Waals surface area contributed by atoms with Gasteiger partial charge in [0.2, 0.25) is 0 Å². The fraction of sp³-hybridized carbons (Fsp3) is 0.953. The first-order valence-electron chi connectivity index (χ1n) is 22.8. The fourth-order valence-electron chi connectivity index (χ4n) is 7.08. The SMILES string of the molecule is C/C(=C/CCP(=O)([O-])OP(=O)([O-])O)COC1CCCCO1.CCCC[N+](CCCC)(CCCC)CCCC.CCCC[N+](CCCC)(CCCC)CCCC. The second-order valence-corrected chi connectivity index (χ2v) is 19.4. The molecule has 0 aromatic rings. The van der Waals surface area contributed by atoms with E-state index in [9.17, 15) is 18.9 Å². The Morgan fingerprint density at radius 3 is 1.27 bits per heavy atom. The molecule has 3 atom stereocenters. The van der Waals surface area contributed by atoms with Crippen molar-refractivity contribution in [2.24, 2.45) is 0 Å². The maximum Gasteiger partial charge on any atom is 0.270 e. The molecule has 0 bridgehead atoms. The first-order valence-corrected chi connectivity index (χ1v) is 26.0. The maximum atomic E-state index is 11.2. The van der Waals surface area contributed by atoms with Gasteiger partial charge in [0.15, 0.2) is 6.29 Å². The number of unbranched alkanes of at least 4 members (excludes halogenated alkanes) is 8. The molecule has 0 aromatic heterocycles. The molecule has 12 heteroatoms. The van der Waals surface area contributed by atoms with E-state index in [0.29, 0.717) is 13.2 Å². The molecule has 1 aliphatic heterocycles. The predicted octanol–water partition coefficient (Wildman–Crippen LogP) is 10.9. The average Bonchev–Trinajstić information content (AvgIpc) is 3.16. The molecule has 1 heterocycles. The number of hydrogen-bond donors (Lipinski definition) is 1. The molecule has 10 nitrogen and oxygen atoms in total. The lowest BCUT2D eigenvalue weighted by atomic mass is 10.1. The number of hydrogen-bond acceptors (Lipinski definition) is 7. The highest BCUT2D eigenvalue weighted by molar-refractivity contribution is 7.62. The minimum absolute atomic E-state index is 0.0709. The van der Waals surface area contributed by atoms with Crippen LogP contribution in [-0.4, -0.2) is 91.9 Å². The normalized spacial score (nSPS) is 17.4. The van der Waals surface area contributed by atoms with Crippen LogP contribution in [-0.2, 0) is 22.9 Å². The van der Waals surface area contributed by atoms with E-state index < -0.39 is 21.6 Å². The van der Waals surface area contributed by atoms with E-state index in [1.165, 1.54) is 164 Å². The second-order valence-electron chi connectivity index (χ2n) is 16.1. The first-order chi connectivity index (χ1) is 26.2. The van der Waals surface area contributed by atoms with Crippen LogP contribution in [0.3, 0.4) is 0 Å². The third kappa shape index (κ3) is 33.4. The summed E-state index contributed by atoms with van der Waals surface area (Å²) < 4.78 is 39.0. The van der Waals surface area contributed by atoms with Crippen molar-refractivity contribution < 1.29 is 46.6 Å². The van der Waals surface area contributed by atoms with Gasteiger partial charge < -0.3 is 37.7 Å². The molecule has 1 fully saturated rings. The van der Waals surface area contributed by atoms with Gasteiger partial charge in [-0.2, -0.15) is 0 Å². The van der Waals surface area contributed by atoms with Gasteiger partial charge in [-0.05, 0) is 84.0 Å². The summed E-state index contributed by atoms with van der Waals surface area (Å²) in [6, 6.07) is 0. The summed E-state index contributed by atoms with van der Waals surface area (Å²) in [5.41, 5.74) is 0.804. The van der Waals surface area contributed by atoms with Crippen LogP contribution < -0.4 is 9.79 Å². The zero-order valence-electron chi connectivity index (χ0n) is 37.7. The summed E-state index contributed by atoms with van der Waals surface area (Å²) in [5, 5.41) is 0. The molecule has 0 radical (unpaired) electrons. The molecule has 1 saturated heterocycles. The van der Waals surface area contributed by atoms with E-state index in [0.717, 1.165) is 24.8 Å². The summed E-state index contributed by atoms with van der Waals surface area (Å²) in [4.78, 5) is 29.9. The highest BCUT2D eigenvalue weighted by Crippen LogP contribution is 2.52. The van der Waals surface area contributed by atoms with Gasteiger partial charge in [0.1, 0.15) is 7.60 Å². The zero-order chi connectivity index (χ0) is 41.9. The van der Waals surface area contributed by atoms with E-state index in [1.807, 2.05) is 0 Å². The second kappa shape index (κ2) is 35.8. The molecular formula is C43H92N2O8P2. The van der Waals surface area contributed by atoms with Crippen molar-refractivity contribution in [1.29, 1.82) is 0 Å². The summed E-state index contributed by atoms with van der Waals surface area (Å²) in [6.45, 7) is 32.8. The highest BCUT2D eigenvalue weighted by Gasteiger charge is 2.26. The molecule has 1 N–H and O–H groups in total. The monoisotopic (exact) mass is 827 g/mol. The third-order valence-electron chi connectivity index (χ3n) is 10.6. The van der Waals surface area contributed by atoms with Crippen LogP contribution in [0.15, 0.2) is 11.6 Å². The van der Waals surface area contributed by atoms with E-state index >= 15 is 0 Å². The van der Waals surface area contributed by atoms with Gasteiger partial charge in [-0.25, -0.2) is 0 Å². The average molecular weight is 827 g/mol. The van der Waals surface area contributed by atoms with Crippen LogP contribution in [0.2, 0.25) is 0 Å². The number of quaternary nitrogens is 2. The number of allylic oxidation sites excluding steroid dienone is 1. The van der Waals surface area contributed by atoms with Crippen LogP contribution in [0.25, 0.3) is 0 Å². The molecule has 0 aromatic carbocycles. The summed E-state index contributed by atoms with van der Waals surface area (Å²) in [6.07, 6.45) is 26.0. The molecular weight excluding hydrogens is 734 g/mol. The van der Waals surface area contributed by atoms with Crippen LogP contribution in [0, 0.1) is 0 Å². The van der Waals surface area contributed by atoms with E-state index in [-0.39, 0.29) is 12.7 Å². The minimum atomic E-state index is -5.27. The smallest absolute Gasteiger partial charge is 0.270 e. The van der Waals surface area contributed by atoms with Crippen molar-refractivity contribution in [3.05, 3.63) is 11.6 Å². The van der Waals surface area contributed by atoms with Crippen molar-refractivity contribution in [2.75, 3.05) is 71.7 Å². The van der Waals surface area contributed by atoms with Crippen molar-refractivity contribution >= 4 is 15.4 Å². The Morgan fingerprint density at radius 2 is 1.00 bits per heavy atom. The Labute approximate surface area is 341 Å². The van der Waals surface area contributed by atoms with E-state index in [4.69, 9.17) is 14.4 Å². The highest BCUT2D eigenvalue weighted by atomic mass is 31.3. The van der Waals surface area contributed by atoms with Crippen molar-refractivity contribution in [2.45, 2.75) is 197 Å². The molecule has 0 spiro atoms. The number of nitrogens with zero attached hydrogens (tertiary/aromatic N) is 2. The maximum absolute atomic E-state index is 11.2. The topological polar surface area (TPSA) is 128 Å². The van der Waals surface area contributed by atoms with Gasteiger partial charge in [0.05, 0.1) is 59.0 Å². The van der Waals surface area contributed by atoms with E-state index in [1.54, 1.807) is 13.0 Å². The molecule has 0 amide bonds. The van der Waals surface area contributed by atoms with Gasteiger partial charge in [0, 0.05) is 12.8 Å². The first kappa shape index (κ1) is 57.0. The third-order valence-corrected chi connectivity index (χ3v) is 13.3. The lowest BCUT2D eigenvalue weighted by molar-refractivity contribution is -0.929. The molecule has 3 unspecified atom stereocenters. The molecule has 55 heavy (non-hydrogen) atoms. The van der Waals surface area contributed by atoms with Gasteiger partial charge in [-0.1, -0.05) is 118 Å². The molecule has 0 aliphatic carbocycles. The molecule has 332 valence electrons. The fourth-order valence-corrected chi connectivity index (χ4v) is 9.11. The Morgan fingerprint density at radius 1 is 0.655 bits per heavy atom. The number of rotatable bonds is 32. The van der Waals surface area contributed by atoms with E-state index in [2.05, 4.69) is 59.7 Å². The molecule has 1 aliphatic rings. The molecule has 0 saturated carbocycles. The Kier molecular flexibility index (Phi) is 37.1. The largest absolute Gasteiger partial charge is 0.778 e. The van der Waals surface area contributed by atoms with Crippen LogP contribution in [0.5, 0.6) is 0 Å². The summed E-state index contributed by atoms with van der Waals surface area (Å²) in [5.74, 6) is 0. The summed E-state index contributed by atoms with van der Waals surface area (Å²) in [7, 11) is -9.87. The van der Waals surface area contributed by atoms with Gasteiger partial charge >= 0.3 is 0 Å². The standard InChI is InChI=1S/2C16H36N.C11H22O8P2/c2*1-5-9-13-17(14-10-6-2,15-11-7-3)16-12-8-4;1-10(9-18-11-6-2-3-7-17-11)5-4-8-20(12,13)19-21(14,15)16/h2*5-16H2,1-4H3;5,11H,2-4,6-9H2,1H3,(H,12,13)(H2,14,15,16)/q2*+1;/p-2/b;;10-5-. The summed E-state index contributed by atoms with van der Waals surface area (Å²) >= 11 is 0.